The van der Waals surface area contributed by atoms with Crippen LogP contribution in [0.2, 0.25) is 0 Å². The molecule has 1 aliphatic heterocycles. The topological polar surface area (TPSA) is 28.2 Å². The smallest absolute Gasteiger partial charge is 0.114 e. The van der Waals surface area contributed by atoms with Crippen LogP contribution in [-0.2, 0) is 12.1 Å². The van der Waals surface area contributed by atoms with Crippen LogP contribution in [0.25, 0.3) is 0 Å². The van der Waals surface area contributed by atoms with Crippen LogP contribution in [0.5, 0.6) is 0 Å². The van der Waals surface area contributed by atoms with Crippen LogP contribution in [0.4, 0.5) is 0 Å². The maximum absolute atomic E-state index is 4.62. The lowest BCUT2D eigenvalue weighted by Crippen LogP contribution is -2.45. The summed E-state index contributed by atoms with van der Waals surface area (Å²) in [4.78, 5) is 7.18. The van der Waals surface area contributed by atoms with Crippen molar-refractivity contribution in [2.24, 2.45) is 0 Å². The highest BCUT2D eigenvalue weighted by atomic mass is 32.1. The molecule has 110 valence electrons. The summed E-state index contributed by atoms with van der Waals surface area (Å²) >= 11 is 1.80. The van der Waals surface area contributed by atoms with Crippen molar-refractivity contribution in [3.63, 3.8) is 0 Å². The first-order valence-corrected chi connectivity index (χ1v) is 8.66. The molecule has 0 radical (unpaired) electrons. The van der Waals surface area contributed by atoms with E-state index in [4.69, 9.17) is 0 Å². The van der Waals surface area contributed by atoms with E-state index >= 15 is 0 Å². The minimum Gasteiger partial charge on any atom is -0.301 e. The highest BCUT2D eigenvalue weighted by Gasteiger charge is 2.44. The molecule has 2 aliphatic rings. The monoisotopic (exact) mass is 299 g/mol. The first-order chi connectivity index (χ1) is 10.3. The number of aromatic nitrogens is 1. The van der Waals surface area contributed by atoms with Gasteiger partial charge in [0.2, 0.25) is 0 Å². The molecule has 1 N–H and O–H groups in total. The minimum absolute atomic E-state index is 0.0874. The minimum atomic E-state index is 0.0874. The molecule has 1 atom stereocenters. The number of nitrogens with zero attached hydrogens (tertiary/aromatic N) is 2. The summed E-state index contributed by atoms with van der Waals surface area (Å²) in [6.45, 7) is 3.26. The van der Waals surface area contributed by atoms with Gasteiger partial charge in [0.15, 0.2) is 0 Å². The molecule has 1 unspecified atom stereocenters. The van der Waals surface area contributed by atoms with Gasteiger partial charge in [0.1, 0.15) is 5.01 Å². The summed E-state index contributed by atoms with van der Waals surface area (Å²) < 4.78 is 0. The van der Waals surface area contributed by atoms with Gasteiger partial charge in [0.05, 0.1) is 5.54 Å². The van der Waals surface area contributed by atoms with E-state index in [1.165, 1.54) is 29.8 Å². The molecule has 3 nitrogen and oxygen atoms in total. The highest BCUT2D eigenvalue weighted by molar-refractivity contribution is 7.09. The van der Waals surface area contributed by atoms with Gasteiger partial charge in [-0.25, -0.2) is 4.98 Å². The van der Waals surface area contributed by atoms with Gasteiger partial charge in [0.25, 0.3) is 0 Å². The molecule has 0 spiro atoms. The van der Waals surface area contributed by atoms with Crippen molar-refractivity contribution < 1.29 is 0 Å². The Hall–Kier alpha value is -1.23. The highest BCUT2D eigenvalue weighted by Crippen LogP contribution is 2.37. The predicted molar refractivity (Wildman–Crippen MR) is 86.3 cm³/mol. The zero-order valence-electron chi connectivity index (χ0n) is 12.2. The summed E-state index contributed by atoms with van der Waals surface area (Å²) in [5.74, 6) is 0. The molecule has 2 fully saturated rings. The van der Waals surface area contributed by atoms with Gasteiger partial charge in [-0.05, 0) is 24.8 Å². The Kier molecular flexibility index (Phi) is 3.53. The molecule has 2 aromatic rings. The number of likely N-dealkylation sites (tertiary alicyclic amines) is 1. The van der Waals surface area contributed by atoms with Gasteiger partial charge in [-0.1, -0.05) is 30.3 Å². The van der Waals surface area contributed by atoms with E-state index in [9.17, 15) is 0 Å². The average molecular weight is 299 g/mol. The molecule has 1 aromatic heterocycles. The van der Waals surface area contributed by atoms with E-state index in [0.29, 0.717) is 6.04 Å². The Morgan fingerprint density at radius 3 is 2.86 bits per heavy atom. The van der Waals surface area contributed by atoms with Crippen LogP contribution in [0.1, 0.15) is 29.8 Å². The van der Waals surface area contributed by atoms with E-state index in [-0.39, 0.29) is 5.54 Å². The fourth-order valence-electron chi connectivity index (χ4n) is 3.30. The van der Waals surface area contributed by atoms with Crippen molar-refractivity contribution in [2.45, 2.75) is 37.4 Å². The zero-order valence-corrected chi connectivity index (χ0v) is 13.0. The number of benzene rings is 1. The molecule has 2 heterocycles. The molecule has 1 saturated heterocycles. The van der Waals surface area contributed by atoms with Crippen molar-refractivity contribution in [3.8, 4) is 0 Å². The van der Waals surface area contributed by atoms with Crippen LogP contribution in [0.3, 0.4) is 0 Å². The number of hydrogen-bond acceptors (Lipinski definition) is 4. The summed E-state index contributed by atoms with van der Waals surface area (Å²) in [7, 11) is 0. The number of thiazole rings is 1. The fraction of sp³-hybridized carbons (Fsp3) is 0.471. The van der Waals surface area contributed by atoms with Crippen molar-refractivity contribution in [1.29, 1.82) is 0 Å². The largest absolute Gasteiger partial charge is 0.301 e. The Bertz CT molecular complexity index is 579. The Morgan fingerprint density at radius 1 is 1.29 bits per heavy atom. The van der Waals surface area contributed by atoms with Crippen molar-refractivity contribution in [1.82, 2.24) is 15.2 Å². The molecule has 0 amide bonds. The third-order valence-electron chi connectivity index (χ3n) is 4.50. The maximum Gasteiger partial charge on any atom is 0.114 e. The van der Waals surface area contributed by atoms with E-state index < -0.39 is 0 Å². The first kappa shape index (κ1) is 13.4. The van der Waals surface area contributed by atoms with E-state index in [1.807, 2.05) is 6.20 Å². The Balaban J connectivity index is 1.51. The van der Waals surface area contributed by atoms with Crippen LogP contribution in [0.15, 0.2) is 41.9 Å². The van der Waals surface area contributed by atoms with Gasteiger partial charge in [-0.15, -0.1) is 11.3 Å². The van der Waals surface area contributed by atoms with E-state index in [1.54, 1.807) is 11.3 Å². The molecule has 0 bridgehead atoms. The quantitative estimate of drug-likeness (QED) is 0.920. The lowest BCUT2D eigenvalue weighted by Gasteiger charge is -2.29. The Morgan fingerprint density at radius 2 is 2.14 bits per heavy atom. The molecular formula is C17H21N3S. The van der Waals surface area contributed by atoms with Crippen LogP contribution < -0.4 is 5.32 Å². The number of hydrogen-bond donors (Lipinski definition) is 1. The molecule has 1 saturated carbocycles. The average Bonchev–Trinajstić information content (AvgIpc) is 3.00. The van der Waals surface area contributed by atoms with Gasteiger partial charge < -0.3 is 5.32 Å². The molecule has 4 rings (SSSR count). The predicted octanol–water partition coefficient (Wildman–Crippen LogP) is 3.00. The summed E-state index contributed by atoms with van der Waals surface area (Å²) in [5.41, 5.74) is 1.49. The molecule has 1 aliphatic carbocycles. The summed E-state index contributed by atoms with van der Waals surface area (Å²) in [5, 5.41) is 7.26. The normalized spacial score (nSPS) is 26.3. The second-order valence-corrected chi connectivity index (χ2v) is 7.18. The van der Waals surface area contributed by atoms with Gasteiger partial charge in [-0.3, -0.25) is 4.90 Å². The van der Waals surface area contributed by atoms with E-state index in [2.05, 4.69) is 50.9 Å². The molecule has 4 heteroatoms. The fourth-order valence-corrected chi connectivity index (χ4v) is 4.12. The van der Waals surface area contributed by atoms with E-state index in [0.717, 1.165) is 19.6 Å². The van der Waals surface area contributed by atoms with Crippen LogP contribution in [-0.4, -0.2) is 29.0 Å². The van der Waals surface area contributed by atoms with Crippen molar-refractivity contribution in [2.75, 3.05) is 13.1 Å². The SMILES string of the molecule is c1ccc(CN2CCC(NC3CC3)(c3nccs3)C2)cc1. The third kappa shape index (κ3) is 2.89. The third-order valence-corrected chi connectivity index (χ3v) is 5.47. The second-order valence-electron chi connectivity index (χ2n) is 6.28. The second kappa shape index (κ2) is 5.52. The zero-order chi connectivity index (χ0) is 14.1. The van der Waals surface area contributed by atoms with Gasteiger partial charge >= 0.3 is 0 Å². The first-order valence-electron chi connectivity index (χ1n) is 7.78. The van der Waals surface area contributed by atoms with Crippen molar-refractivity contribution in [3.05, 3.63) is 52.5 Å². The lowest BCUT2D eigenvalue weighted by atomic mass is 9.99. The van der Waals surface area contributed by atoms with Crippen molar-refractivity contribution >= 4 is 11.3 Å². The molecular weight excluding hydrogens is 278 g/mol. The van der Waals surface area contributed by atoms with Gasteiger partial charge in [-0.2, -0.15) is 0 Å². The summed E-state index contributed by atoms with van der Waals surface area (Å²) in [6.07, 6.45) is 5.76. The van der Waals surface area contributed by atoms with Crippen LogP contribution >= 0.6 is 11.3 Å². The molecule has 21 heavy (non-hydrogen) atoms. The standard InChI is InChI=1S/C17H21N3S/c1-2-4-14(5-3-1)12-20-10-8-17(13-20,19-15-6-7-15)16-18-9-11-21-16/h1-5,9,11,15,19H,6-8,10,12-13H2. The number of rotatable bonds is 5. The van der Waals surface area contributed by atoms with Crippen LogP contribution in [0, 0.1) is 0 Å². The van der Waals surface area contributed by atoms with Gasteiger partial charge in [0, 0.05) is 37.3 Å². The summed E-state index contributed by atoms with van der Waals surface area (Å²) in [6, 6.07) is 11.5. The lowest BCUT2D eigenvalue weighted by molar-refractivity contribution is 0.273. The number of nitrogens with one attached hydrogen (secondary N) is 1. The molecule has 1 aromatic carbocycles. The maximum atomic E-state index is 4.62. The Labute approximate surface area is 130 Å².